The molecular weight excluding hydrogens is 324 g/mol. The summed E-state index contributed by atoms with van der Waals surface area (Å²) >= 11 is 0. The number of hydrogen-bond acceptors (Lipinski definition) is 6. The first kappa shape index (κ1) is 19.0. The van der Waals surface area contributed by atoms with Crippen molar-refractivity contribution in [2.75, 3.05) is 7.11 Å². The van der Waals surface area contributed by atoms with Crippen molar-refractivity contribution in [2.24, 2.45) is 11.8 Å². The van der Waals surface area contributed by atoms with Gasteiger partial charge in [-0.05, 0) is 38.5 Å². The minimum absolute atomic E-state index is 0.238. The molecule has 1 aliphatic rings. The Hall–Kier alpha value is -2.34. The number of carbonyl (C=O) groups excluding carboxylic acids is 4. The van der Waals surface area contributed by atoms with Crippen molar-refractivity contribution in [1.82, 2.24) is 0 Å². The van der Waals surface area contributed by atoms with Gasteiger partial charge >= 0.3 is 5.97 Å². The maximum atomic E-state index is 12.5. The van der Waals surface area contributed by atoms with Gasteiger partial charge in [0.25, 0.3) is 0 Å². The molecule has 0 spiro atoms. The largest absolute Gasteiger partial charge is 0.465 e. The number of hydrogen-bond donors (Lipinski definition) is 1. The van der Waals surface area contributed by atoms with E-state index in [2.05, 4.69) is 4.74 Å². The van der Waals surface area contributed by atoms with Crippen LogP contribution in [0.15, 0.2) is 24.3 Å². The lowest BCUT2D eigenvalue weighted by Crippen LogP contribution is -2.53. The molecule has 6 heteroatoms. The van der Waals surface area contributed by atoms with Gasteiger partial charge in [0.05, 0.1) is 30.1 Å². The predicted octanol–water partition coefficient (Wildman–Crippen LogP) is 1.69. The molecule has 6 nitrogen and oxygen atoms in total. The molecule has 1 aliphatic carbocycles. The van der Waals surface area contributed by atoms with Crippen LogP contribution in [0.2, 0.25) is 0 Å². The smallest absolute Gasteiger partial charge is 0.337 e. The van der Waals surface area contributed by atoms with E-state index in [1.807, 2.05) is 0 Å². The summed E-state index contributed by atoms with van der Waals surface area (Å²) < 4.78 is 4.65. The van der Waals surface area contributed by atoms with Crippen molar-refractivity contribution in [3.8, 4) is 0 Å². The molecule has 2 rings (SSSR count). The van der Waals surface area contributed by atoms with E-state index < -0.39 is 29.3 Å². The molecule has 0 heterocycles. The van der Waals surface area contributed by atoms with Crippen LogP contribution >= 0.6 is 0 Å². The van der Waals surface area contributed by atoms with Crippen LogP contribution in [0.5, 0.6) is 0 Å². The highest BCUT2D eigenvalue weighted by Crippen LogP contribution is 2.46. The lowest BCUT2D eigenvalue weighted by Gasteiger charge is -2.44. The van der Waals surface area contributed by atoms with Crippen molar-refractivity contribution < 1.29 is 29.0 Å². The van der Waals surface area contributed by atoms with E-state index in [-0.39, 0.29) is 23.8 Å². The lowest BCUT2D eigenvalue weighted by atomic mass is 9.60. The van der Waals surface area contributed by atoms with Crippen molar-refractivity contribution in [2.45, 2.75) is 38.7 Å². The normalized spacial score (nSPS) is 29.2. The third-order valence-corrected chi connectivity index (χ3v) is 4.86. The minimum Gasteiger partial charge on any atom is -0.465 e. The molecule has 4 atom stereocenters. The average molecular weight is 346 g/mol. The maximum absolute atomic E-state index is 12.5. The number of ketones is 3. The predicted molar refractivity (Wildman–Crippen MR) is 89.1 cm³/mol. The summed E-state index contributed by atoms with van der Waals surface area (Å²) in [6, 6.07) is 6.22. The van der Waals surface area contributed by atoms with E-state index in [1.165, 1.54) is 40.0 Å². The van der Waals surface area contributed by atoms with E-state index >= 15 is 0 Å². The monoisotopic (exact) mass is 346 g/mol. The molecule has 1 aromatic carbocycles. The van der Waals surface area contributed by atoms with Crippen molar-refractivity contribution >= 4 is 23.3 Å². The van der Waals surface area contributed by atoms with E-state index in [0.29, 0.717) is 11.1 Å². The Morgan fingerprint density at radius 1 is 1.12 bits per heavy atom. The van der Waals surface area contributed by atoms with Gasteiger partial charge in [-0.1, -0.05) is 12.1 Å². The van der Waals surface area contributed by atoms with Gasteiger partial charge in [0.15, 0.2) is 0 Å². The number of ether oxygens (including phenoxy) is 1. The second kappa shape index (κ2) is 6.88. The summed E-state index contributed by atoms with van der Waals surface area (Å²) in [6.07, 6.45) is -0.238. The molecule has 0 saturated heterocycles. The second-order valence-corrected chi connectivity index (χ2v) is 6.82. The Bertz CT molecular complexity index is 716. The fourth-order valence-electron chi connectivity index (χ4n) is 3.87. The Balaban J connectivity index is 2.56. The second-order valence-electron chi connectivity index (χ2n) is 6.82. The average Bonchev–Trinajstić information content (AvgIpc) is 2.51. The summed E-state index contributed by atoms with van der Waals surface area (Å²) in [5.41, 5.74) is -0.652. The van der Waals surface area contributed by atoms with Crippen LogP contribution in [0.25, 0.3) is 0 Å². The summed E-state index contributed by atoms with van der Waals surface area (Å²) in [4.78, 5) is 48.4. The van der Waals surface area contributed by atoms with Gasteiger partial charge in [0, 0.05) is 12.3 Å². The molecule has 1 aromatic rings. The molecule has 1 saturated carbocycles. The minimum atomic E-state index is -1.53. The van der Waals surface area contributed by atoms with Crippen LogP contribution in [-0.2, 0) is 19.1 Å². The quantitative estimate of drug-likeness (QED) is 0.658. The first-order valence-electron chi connectivity index (χ1n) is 8.04. The molecule has 1 fully saturated rings. The van der Waals surface area contributed by atoms with Gasteiger partial charge in [-0.15, -0.1) is 0 Å². The zero-order chi connectivity index (χ0) is 18.9. The molecule has 0 radical (unpaired) electrons. The first-order chi connectivity index (χ1) is 11.6. The lowest BCUT2D eigenvalue weighted by molar-refractivity contribution is -0.151. The van der Waals surface area contributed by atoms with Gasteiger partial charge < -0.3 is 9.84 Å². The standard InChI is InChI=1S/C19H22O6/c1-10(20)15-14(22)9-19(3,24)17(11(2)21)16(15)12-5-7-13(8-6-12)18(23)25-4/h5-8,15-17,24H,9H2,1-4H3/t15-,16-,17+,19+/m0/s1. The van der Waals surface area contributed by atoms with Crippen molar-refractivity contribution in [3.63, 3.8) is 0 Å². The highest BCUT2D eigenvalue weighted by atomic mass is 16.5. The fraction of sp³-hybridized carbons (Fsp3) is 0.474. The zero-order valence-corrected chi connectivity index (χ0v) is 14.7. The summed E-state index contributed by atoms with van der Waals surface area (Å²) in [5, 5.41) is 10.7. The van der Waals surface area contributed by atoms with Crippen LogP contribution in [0.1, 0.15) is 49.0 Å². The van der Waals surface area contributed by atoms with Crippen LogP contribution in [0.4, 0.5) is 0 Å². The Labute approximate surface area is 146 Å². The Morgan fingerprint density at radius 3 is 2.12 bits per heavy atom. The topological polar surface area (TPSA) is 97.7 Å². The molecule has 25 heavy (non-hydrogen) atoms. The van der Waals surface area contributed by atoms with E-state index in [0.717, 1.165) is 0 Å². The summed E-state index contributed by atoms with van der Waals surface area (Å²) in [5.74, 6) is -4.15. The summed E-state index contributed by atoms with van der Waals surface area (Å²) in [7, 11) is 1.27. The number of esters is 1. The van der Waals surface area contributed by atoms with E-state index in [1.54, 1.807) is 12.1 Å². The van der Waals surface area contributed by atoms with E-state index in [9.17, 15) is 24.3 Å². The number of rotatable bonds is 4. The van der Waals surface area contributed by atoms with Crippen LogP contribution in [0.3, 0.4) is 0 Å². The third-order valence-electron chi connectivity index (χ3n) is 4.86. The van der Waals surface area contributed by atoms with Gasteiger partial charge in [-0.2, -0.15) is 0 Å². The summed E-state index contributed by atoms with van der Waals surface area (Å²) in [6.45, 7) is 4.11. The molecule has 1 N–H and O–H groups in total. The Morgan fingerprint density at radius 2 is 1.68 bits per heavy atom. The molecule has 0 aromatic heterocycles. The maximum Gasteiger partial charge on any atom is 0.337 e. The van der Waals surface area contributed by atoms with Gasteiger partial charge in [-0.25, -0.2) is 4.79 Å². The van der Waals surface area contributed by atoms with Crippen molar-refractivity contribution in [1.29, 1.82) is 0 Å². The molecule has 0 unspecified atom stereocenters. The molecule has 134 valence electrons. The van der Waals surface area contributed by atoms with E-state index in [4.69, 9.17) is 0 Å². The molecular formula is C19H22O6. The first-order valence-corrected chi connectivity index (χ1v) is 8.04. The third kappa shape index (κ3) is 3.54. The van der Waals surface area contributed by atoms with Crippen LogP contribution in [-0.4, -0.2) is 41.1 Å². The highest BCUT2D eigenvalue weighted by molar-refractivity contribution is 6.05. The van der Waals surface area contributed by atoms with Crippen molar-refractivity contribution in [3.05, 3.63) is 35.4 Å². The number of Topliss-reactive ketones (excluding diaryl/α,β-unsaturated/α-hetero) is 3. The van der Waals surface area contributed by atoms with Gasteiger partial charge in [-0.3, -0.25) is 14.4 Å². The molecule has 0 amide bonds. The number of carbonyl (C=O) groups is 4. The van der Waals surface area contributed by atoms with Crippen LogP contribution in [0, 0.1) is 11.8 Å². The zero-order valence-electron chi connectivity index (χ0n) is 14.7. The Kier molecular flexibility index (Phi) is 5.23. The number of benzene rings is 1. The SMILES string of the molecule is COC(=O)c1ccc([C@H]2[C@@H](C(C)=O)C(=O)C[C@@](C)(O)[C@@H]2C(C)=O)cc1. The van der Waals surface area contributed by atoms with Crippen LogP contribution < -0.4 is 0 Å². The number of aliphatic hydroxyl groups is 1. The fourth-order valence-corrected chi connectivity index (χ4v) is 3.87. The molecule has 0 aliphatic heterocycles. The number of methoxy groups -OCH3 is 1. The van der Waals surface area contributed by atoms with Gasteiger partial charge in [0.2, 0.25) is 0 Å². The highest BCUT2D eigenvalue weighted by Gasteiger charge is 2.53. The van der Waals surface area contributed by atoms with Gasteiger partial charge in [0.1, 0.15) is 17.3 Å². The molecule has 0 bridgehead atoms.